The molecule has 2 aliphatic rings. The van der Waals surface area contributed by atoms with E-state index in [0.29, 0.717) is 50.7 Å². The lowest BCUT2D eigenvalue weighted by molar-refractivity contribution is -0.134. The first-order valence-corrected chi connectivity index (χ1v) is 11.6. The van der Waals surface area contributed by atoms with Crippen molar-refractivity contribution in [2.24, 2.45) is 0 Å². The Hall–Kier alpha value is -1.69. The molecule has 1 aromatic heterocycles. The molecular weight excluding hydrogens is 404 g/mol. The Morgan fingerprint density at radius 1 is 1.04 bits per heavy atom. The number of nitrogens with one attached hydrogen (secondary N) is 1. The van der Waals surface area contributed by atoms with Gasteiger partial charge in [-0.15, -0.1) is 11.3 Å². The molecule has 2 saturated heterocycles. The average Bonchev–Trinajstić information content (AvgIpc) is 3.30. The van der Waals surface area contributed by atoms with Crippen LogP contribution >= 0.6 is 11.3 Å². The Balaban J connectivity index is 1.58. The van der Waals surface area contributed by atoms with Crippen molar-refractivity contribution >= 4 is 38.3 Å². The molecular formula is C17H26N4O5S2. The van der Waals surface area contributed by atoms with Gasteiger partial charge in [-0.2, -0.15) is 4.31 Å². The number of hydrogen-bond donors (Lipinski definition) is 1. The van der Waals surface area contributed by atoms with Gasteiger partial charge < -0.3 is 14.5 Å². The Morgan fingerprint density at radius 3 is 2.43 bits per heavy atom. The molecule has 3 heterocycles. The highest BCUT2D eigenvalue weighted by molar-refractivity contribution is 7.91. The maximum Gasteiger partial charge on any atom is 0.322 e. The number of nitrogens with zero attached hydrogens (tertiary/aromatic N) is 3. The molecule has 9 nitrogen and oxygen atoms in total. The second-order valence-corrected chi connectivity index (χ2v) is 10.1. The van der Waals surface area contributed by atoms with Gasteiger partial charge in [0, 0.05) is 46.4 Å². The minimum atomic E-state index is -3.48. The van der Waals surface area contributed by atoms with Crippen molar-refractivity contribution in [2.45, 2.75) is 23.5 Å². The van der Waals surface area contributed by atoms with Crippen molar-refractivity contribution in [2.75, 3.05) is 58.3 Å². The van der Waals surface area contributed by atoms with Crippen molar-refractivity contribution in [3.63, 3.8) is 0 Å². The number of hydrogen-bond acceptors (Lipinski definition) is 6. The third-order valence-electron chi connectivity index (χ3n) is 4.87. The van der Waals surface area contributed by atoms with Crippen LogP contribution < -0.4 is 5.32 Å². The summed E-state index contributed by atoms with van der Waals surface area (Å²) in [6, 6.07) is 2.88. The largest absolute Gasteiger partial charge is 0.375 e. The van der Waals surface area contributed by atoms with Gasteiger partial charge in [0.25, 0.3) is 10.0 Å². The van der Waals surface area contributed by atoms with Crippen molar-refractivity contribution < 1.29 is 22.7 Å². The molecule has 0 unspecified atom stereocenters. The van der Waals surface area contributed by atoms with Gasteiger partial charge in [0.15, 0.2) is 0 Å². The van der Waals surface area contributed by atoms with Crippen molar-refractivity contribution in [1.82, 2.24) is 14.1 Å². The zero-order valence-electron chi connectivity index (χ0n) is 15.9. The Labute approximate surface area is 169 Å². The van der Waals surface area contributed by atoms with E-state index in [4.69, 9.17) is 4.74 Å². The minimum absolute atomic E-state index is 0.0374. The number of carbonyl (C=O) groups is 2. The second kappa shape index (κ2) is 9.21. The summed E-state index contributed by atoms with van der Waals surface area (Å²) in [6.07, 6.45) is 2.45. The molecule has 0 saturated carbocycles. The number of ether oxygens (including phenoxy) is 1. The molecule has 3 amide bonds. The first-order chi connectivity index (χ1) is 13.4. The number of rotatable bonds is 5. The summed E-state index contributed by atoms with van der Waals surface area (Å²) in [5.41, 5.74) is 0. The van der Waals surface area contributed by atoms with Crippen LogP contribution in [0.3, 0.4) is 0 Å². The van der Waals surface area contributed by atoms with Crippen LogP contribution in [0.25, 0.3) is 0 Å². The quantitative estimate of drug-likeness (QED) is 0.758. The molecule has 0 spiro atoms. The number of sulfonamides is 1. The third-order valence-corrected chi connectivity index (χ3v) is 8.24. The summed E-state index contributed by atoms with van der Waals surface area (Å²) in [6.45, 7) is 3.13. The van der Waals surface area contributed by atoms with Gasteiger partial charge in [-0.05, 0) is 31.4 Å². The highest BCUT2D eigenvalue weighted by Crippen LogP contribution is 2.30. The van der Waals surface area contributed by atoms with Crippen molar-refractivity contribution in [1.29, 1.82) is 0 Å². The summed E-state index contributed by atoms with van der Waals surface area (Å²) in [5.74, 6) is -0.0835. The fraction of sp³-hybridized carbons (Fsp3) is 0.647. The molecule has 11 heteroatoms. The molecule has 0 aromatic carbocycles. The second-order valence-electron chi connectivity index (χ2n) is 6.81. The summed E-state index contributed by atoms with van der Waals surface area (Å²) in [7, 11) is -1.99. The van der Waals surface area contributed by atoms with Gasteiger partial charge in [-0.3, -0.25) is 10.1 Å². The average molecular weight is 431 g/mol. The lowest BCUT2D eigenvalue weighted by atomic mass is 10.4. The van der Waals surface area contributed by atoms with E-state index in [-0.39, 0.29) is 22.8 Å². The lowest BCUT2D eigenvalue weighted by Gasteiger charge is -2.22. The van der Waals surface area contributed by atoms with Crippen LogP contribution in [0.4, 0.5) is 9.80 Å². The molecule has 156 valence electrons. The SMILES string of the molecule is COCC(=O)N1CCCN(C(=O)Nc2ccc(S(=O)(=O)N3CCCC3)s2)CC1. The fourth-order valence-electron chi connectivity index (χ4n) is 3.35. The van der Waals surface area contributed by atoms with E-state index in [0.717, 1.165) is 24.2 Å². The lowest BCUT2D eigenvalue weighted by Crippen LogP contribution is -2.40. The fourth-order valence-corrected chi connectivity index (χ4v) is 6.22. The number of carbonyl (C=O) groups excluding carboxylic acids is 2. The zero-order valence-corrected chi connectivity index (χ0v) is 17.6. The summed E-state index contributed by atoms with van der Waals surface area (Å²) < 4.78 is 31.8. The van der Waals surface area contributed by atoms with E-state index in [1.807, 2.05) is 0 Å². The predicted molar refractivity (Wildman–Crippen MR) is 106 cm³/mol. The molecule has 0 aliphatic carbocycles. The van der Waals surface area contributed by atoms with E-state index in [1.54, 1.807) is 21.9 Å². The number of thiophene rings is 1. The first-order valence-electron chi connectivity index (χ1n) is 9.34. The Morgan fingerprint density at radius 2 is 1.71 bits per heavy atom. The predicted octanol–water partition coefficient (Wildman–Crippen LogP) is 1.25. The topological polar surface area (TPSA) is 99.3 Å². The van der Waals surface area contributed by atoms with Crippen LogP contribution in [0.1, 0.15) is 19.3 Å². The maximum absolute atomic E-state index is 12.6. The zero-order chi connectivity index (χ0) is 20.1. The number of urea groups is 1. The van der Waals surface area contributed by atoms with Crippen LogP contribution in [0.5, 0.6) is 0 Å². The van der Waals surface area contributed by atoms with Crippen molar-refractivity contribution in [3.8, 4) is 0 Å². The van der Waals surface area contributed by atoms with Gasteiger partial charge in [0.2, 0.25) is 5.91 Å². The molecule has 3 rings (SSSR count). The highest BCUT2D eigenvalue weighted by atomic mass is 32.2. The molecule has 2 fully saturated rings. The molecule has 28 heavy (non-hydrogen) atoms. The molecule has 1 N–H and O–H groups in total. The molecule has 1 aromatic rings. The molecule has 0 radical (unpaired) electrons. The smallest absolute Gasteiger partial charge is 0.322 e. The molecule has 0 bridgehead atoms. The molecule has 0 atom stereocenters. The van der Waals surface area contributed by atoms with Crippen LogP contribution in [0.2, 0.25) is 0 Å². The normalized spacial score (nSPS) is 18.9. The van der Waals surface area contributed by atoms with E-state index in [1.165, 1.54) is 11.4 Å². The van der Waals surface area contributed by atoms with E-state index in [9.17, 15) is 18.0 Å². The van der Waals surface area contributed by atoms with E-state index < -0.39 is 10.0 Å². The van der Waals surface area contributed by atoms with Crippen LogP contribution in [0, 0.1) is 0 Å². The van der Waals surface area contributed by atoms with Crippen LogP contribution in [0.15, 0.2) is 16.3 Å². The maximum atomic E-state index is 12.6. The van der Waals surface area contributed by atoms with Gasteiger partial charge >= 0.3 is 6.03 Å². The first kappa shape index (κ1) is 21.0. The highest BCUT2D eigenvalue weighted by Gasteiger charge is 2.29. The number of amides is 3. The van der Waals surface area contributed by atoms with E-state index >= 15 is 0 Å². The summed E-state index contributed by atoms with van der Waals surface area (Å²) in [5, 5.41) is 3.29. The standard InChI is InChI=1S/C17H26N4O5S2/c1-26-13-15(22)19-7-4-8-20(12-11-19)17(23)18-14-5-6-16(27-14)28(24,25)21-9-2-3-10-21/h5-6H,2-4,7-13H2,1H3,(H,18,23). The van der Waals surface area contributed by atoms with Gasteiger partial charge in [-0.1, -0.05) is 0 Å². The third kappa shape index (κ3) is 4.83. The van der Waals surface area contributed by atoms with Gasteiger partial charge in [0.1, 0.15) is 10.8 Å². The van der Waals surface area contributed by atoms with Gasteiger partial charge in [0.05, 0.1) is 5.00 Å². The monoisotopic (exact) mass is 430 g/mol. The Kier molecular flexibility index (Phi) is 6.91. The Bertz CT molecular complexity index is 804. The summed E-state index contributed by atoms with van der Waals surface area (Å²) in [4.78, 5) is 27.9. The van der Waals surface area contributed by atoms with Crippen molar-refractivity contribution in [3.05, 3.63) is 12.1 Å². The van der Waals surface area contributed by atoms with Gasteiger partial charge in [-0.25, -0.2) is 13.2 Å². The summed E-state index contributed by atoms with van der Waals surface area (Å²) >= 11 is 1.07. The number of anilines is 1. The molecule has 2 aliphatic heterocycles. The van der Waals surface area contributed by atoms with Crippen LogP contribution in [-0.4, -0.2) is 87.4 Å². The van der Waals surface area contributed by atoms with E-state index in [2.05, 4.69) is 5.32 Å². The van der Waals surface area contributed by atoms with Crippen LogP contribution in [-0.2, 0) is 19.6 Å². The minimum Gasteiger partial charge on any atom is -0.375 e. The number of methoxy groups -OCH3 is 1.